The number of rotatable bonds is 5. The first-order valence-corrected chi connectivity index (χ1v) is 18.2. The molecular weight excluding hydrogens is 647 g/mol. The van der Waals surface area contributed by atoms with E-state index < -0.39 is 0 Å². The molecule has 3 nitrogen and oxygen atoms in total. The molecule has 0 saturated carbocycles. The van der Waals surface area contributed by atoms with E-state index in [1.54, 1.807) is 11.3 Å². The van der Waals surface area contributed by atoms with Gasteiger partial charge in [-0.1, -0.05) is 140 Å². The third-order valence-electron chi connectivity index (χ3n) is 9.37. The van der Waals surface area contributed by atoms with Crippen LogP contribution in [0.3, 0.4) is 0 Å². The molecule has 3 aromatic heterocycles. The average molecular weight is 674 g/mol. The van der Waals surface area contributed by atoms with E-state index in [4.69, 9.17) is 15.0 Å². The van der Waals surface area contributed by atoms with Gasteiger partial charge < -0.3 is 0 Å². The number of aromatic nitrogens is 3. The lowest BCUT2D eigenvalue weighted by atomic mass is 9.99. The number of hydrogen-bond acceptors (Lipinski definition) is 5. The van der Waals surface area contributed by atoms with Crippen molar-refractivity contribution in [1.82, 2.24) is 15.0 Å². The summed E-state index contributed by atoms with van der Waals surface area (Å²) in [5.74, 6) is 1.97. The zero-order valence-electron chi connectivity index (χ0n) is 26.7. The molecule has 0 fully saturated rings. The van der Waals surface area contributed by atoms with Gasteiger partial charge >= 0.3 is 0 Å². The van der Waals surface area contributed by atoms with Crippen LogP contribution in [0.4, 0.5) is 0 Å². The van der Waals surface area contributed by atoms with Crippen molar-refractivity contribution in [2.24, 2.45) is 0 Å². The van der Waals surface area contributed by atoms with Gasteiger partial charge in [0, 0.05) is 57.0 Å². The molecule has 0 spiro atoms. The summed E-state index contributed by atoms with van der Waals surface area (Å²) in [6, 6.07) is 57.8. The Morgan fingerprint density at radius 1 is 0.300 bits per heavy atom. The molecule has 5 heteroatoms. The summed E-state index contributed by atoms with van der Waals surface area (Å²) in [5, 5.41) is 5.05. The Morgan fingerprint density at radius 3 is 1.48 bits per heavy atom. The molecule has 10 aromatic rings. The van der Waals surface area contributed by atoms with E-state index in [-0.39, 0.29) is 0 Å². The molecule has 0 aliphatic carbocycles. The van der Waals surface area contributed by atoms with Gasteiger partial charge in [-0.3, -0.25) is 0 Å². The lowest BCUT2D eigenvalue weighted by Crippen LogP contribution is -2.01. The Balaban J connectivity index is 1.20. The fraction of sp³-hybridized carbons (Fsp3) is 0. The van der Waals surface area contributed by atoms with Crippen molar-refractivity contribution in [3.8, 4) is 56.4 Å². The van der Waals surface area contributed by atoms with Crippen LogP contribution >= 0.6 is 22.7 Å². The fourth-order valence-electron chi connectivity index (χ4n) is 7.02. The van der Waals surface area contributed by atoms with E-state index in [9.17, 15) is 0 Å². The van der Waals surface area contributed by atoms with E-state index in [0.29, 0.717) is 17.5 Å². The lowest BCUT2D eigenvalue weighted by Gasteiger charge is -2.13. The summed E-state index contributed by atoms with van der Waals surface area (Å²) >= 11 is 3.64. The lowest BCUT2D eigenvalue weighted by molar-refractivity contribution is 1.08. The summed E-state index contributed by atoms with van der Waals surface area (Å²) in [6.07, 6.45) is 0. The summed E-state index contributed by atoms with van der Waals surface area (Å²) < 4.78 is 5.02. The van der Waals surface area contributed by atoms with Crippen molar-refractivity contribution in [3.63, 3.8) is 0 Å². The third kappa shape index (κ3) is 4.82. The van der Waals surface area contributed by atoms with Crippen LogP contribution in [0, 0.1) is 0 Å². The number of hydrogen-bond donors (Lipinski definition) is 0. The van der Waals surface area contributed by atoms with Crippen LogP contribution in [-0.2, 0) is 0 Å². The molecule has 0 atom stereocenters. The first-order chi connectivity index (χ1) is 24.8. The number of benzene rings is 7. The first kappa shape index (κ1) is 29.0. The molecule has 3 heterocycles. The zero-order valence-corrected chi connectivity index (χ0v) is 28.4. The predicted octanol–water partition coefficient (Wildman–Crippen LogP) is 12.9. The van der Waals surface area contributed by atoms with Gasteiger partial charge in [0.15, 0.2) is 17.5 Å². The second-order valence-corrected chi connectivity index (χ2v) is 14.5. The molecule has 10 rings (SSSR count). The average Bonchev–Trinajstić information content (AvgIpc) is 3.77. The SMILES string of the molecule is c1ccc(-c2ccccc2-c2nc(-c3cccc(-c4cccc5c4sc4ccccc45)c3)nc(-c3cccc4c3sc3ccccc34)n2)cc1. The highest BCUT2D eigenvalue weighted by molar-refractivity contribution is 7.26. The highest BCUT2D eigenvalue weighted by Crippen LogP contribution is 2.42. The van der Waals surface area contributed by atoms with Crippen molar-refractivity contribution in [3.05, 3.63) is 164 Å². The molecule has 234 valence electrons. The van der Waals surface area contributed by atoms with Gasteiger partial charge in [-0.05, 0) is 46.5 Å². The Kier molecular flexibility index (Phi) is 6.86. The third-order valence-corrected chi connectivity index (χ3v) is 11.8. The monoisotopic (exact) mass is 673 g/mol. The second-order valence-electron chi connectivity index (χ2n) is 12.4. The van der Waals surface area contributed by atoms with Gasteiger partial charge in [-0.2, -0.15) is 0 Å². The second kappa shape index (κ2) is 11.8. The summed E-state index contributed by atoms with van der Waals surface area (Å²) in [5.41, 5.74) is 7.49. The van der Waals surface area contributed by atoms with Crippen LogP contribution in [0.15, 0.2) is 164 Å². The van der Waals surface area contributed by atoms with Gasteiger partial charge in [0.2, 0.25) is 0 Å². The van der Waals surface area contributed by atoms with E-state index in [1.807, 2.05) is 17.4 Å². The summed E-state index contributed by atoms with van der Waals surface area (Å²) in [7, 11) is 0. The van der Waals surface area contributed by atoms with E-state index in [1.165, 1.54) is 45.9 Å². The van der Waals surface area contributed by atoms with E-state index in [2.05, 4.69) is 158 Å². The normalized spacial score (nSPS) is 11.6. The Bertz CT molecular complexity index is 2890. The molecule has 0 aliphatic heterocycles. The summed E-state index contributed by atoms with van der Waals surface area (Å²) in [6.45, 7) is 0. The molecule has 0 saturated heterocycles. The van der Waals surface area contributed by atoms with Crippen LogP contribution < -0.4 is 0 Å². The maximum atomic E-state index is 5.24. The van der Waals surface area contributed by atoms with Crippen molar-refractivity contribution in [2.45, 2.75) is 0 Å². The Labute approximate surface area is 296 Å². The number of thiophene rings is 2. The quantitative estimate of drug-likeness (QED) is 0.182. The molecule has 0 amide bonds. The summed E-state index contributed by atoms with van der Waals surface area (Å²) in [4.78, 5) is 15.7. The van der Waals surface area contributed by atoms with Crippen LogP contribution in [0.25, 0.3) is 96.8 Å². The Morgan fingerprint density at radius 2 is 0.760 bits per heavy atom. The van der Waals surface area contributed by atoms with E-state index >= 15 is 0 Å². The molecule has 0 N–H and O–H groups in total. The van der Waals surface area contributed by atoms with Crippen molar-refractivity contribution < 1.29 is 0 Å². The van der Waals surface area contributed by atoms with Crippen molar-refractivity contribution >= 4 is 63.0 Å². The molecule has 7 aromatic carbocycles. The van der Waals surface area contributed by atoms with Gasteiger partial charge in [-0.25, -0.2) is 15.0 Å². The maximum Gasteiger partial charge on any atom is 0.165 e. The molecule has 50 heavy (non-hydrogen) atoms. The largest absolute Gasteiger partial charge is 0.208 e. The van der Waals surface area contributed by atoms with Gasteiger partial charge in [0.1, 0.15) is 0 Å². The molecular formula is C45H27N3S2. The minimum atomic E-state index is 0.649. The topological polar surface area (TPSA) is 38.7 Å². The minimum Gasteiger partial charge on any atom is -0.208 e. The minimum absolute atomic E-state index is 0.649. The molecule has 0 aliphatic rings. The molecule has 0 unspecified atom stereocenters. The molecule has 0 radical (unpaired) electrons. The fourth-order valence-corrected chi connectivity index (χ4v) is 9.47. The number of nitrogens with zero attached hydrogens (tertiary/aromatic N) is 3. The van der Waals surface area contributed by atoms with Crippen LogP contribution in [0.2, 0.25) is 0 Å². The van der Waals surface area contributed by atoms with Crippen LogP contribution in [0.5, 0.6) is 0 Å². The highest BCUT2D eigenvalue weighted by atomic mass is 32.1. The highest BCUT2D eigenvalue weighted by Gasteiger charge is 2.19. The maximum absolute atomic E-state index is 5.24. The first-order valence-electron chi connectivity index (χ1n) is 16.6. The van der Waals surface area contributed by atoms with Crippen LogP contribution in [-0.4, -0.2) is 15.0 Å². The smallest absolute Gasteiger partial charge is 0.165 e. The number of fused-ring (bicyclic) bond motifs is 6. The van der Waals surface area contributed by atoms with Gasteiger partial charge in [0.05, 0.1) is 0 Å². The zero-order chi connectivity index (χ0) is 33.0. The van der Waals surface area contributed by atoms with Gasteiger partial charge in [-0.15, -0.1) is 22.7 Å². The standard InChI is InChI=1S/C45H27N3S2/c1-2-13-28(14-3-1)31-17-4-5-20-37(31)44-46-43(47-45(48-44)38-24-12-23-36-34-19-7-9-26-40(34)50-42(36)38)30-16-10-15-29(27-30)32-21-11-22-35-33-18-6-8-25-39(33)49-41(32)35/h1-27H. The predicted molar refractivity (Wildman–Crippen MR) is 213 cm³/mol. The van der Waals surface area contributed by atoms with Crippen molar-refractivity contribution in [2.75, 3.05) is 0 Å². The van der Waals surface area contributed by atoms with Crippen molar-refractivity contribution in [1.29, 1.82) is 0 Å². The Hall–Kier alpha value is -6.01. The van der Waals surface area contributed by atoms with E-state index in [0.717, 1.165) is 33.4 Å². The van der Waals surface area contributed by atoms with Crippen LogP contribution in [0.1, 0.15) is 0 Å². The molecule has 0 bridgehead atoms. The van der Waals surface area contributed by atoms with Gasteiger partial charge in [0.25, 0.3) is 0 Å².